The Labute approximate surface area is 135 Å². The summed E-state index contributed by atoms with van der Waals surface area (Å²) in [6.45, 7) is 2.92. The second kappa shape index (κ2) is 5.52. The number of cyclic esters (lactones) is 1. The summed E-state index contributed by atoms with van der Waals surface area (Å²) in [6, 6.07) is 0. The van der Waals surface area contributed by atoms with Gasteiger partial charge in [-0.2, -0.15) is 0 Å². The van der Waals surface area contributed by atoms with Crippen LogP contribution in [0.1, 0.15) is 25.7 Å². The summed E-state index contributed by atoms with van der Waals surface area (Å²) >= 11 is 0. The Kier molecular flexibility index (Phi) is 4.01. The number of methoxy groups -OCH3 is 1. The van der Waals surface area contributed by atoms with E-state index in [9.17, 15) is 4.79 Å². The minimum Gasteiger partial charge on any atom is -1.00 e. The molecule has 1 aliphatic carbocycles. The second-order valence-electron chi connectivity index (χ2n) is 6.50. The second-order valence-corrected chi connectivity index (χ2v) is 6.50. The molecule has 5 heteroatoms. The maximum Gasteiger partial charge on any atom is 0.310 e. The van der Waals surface area contributed by atoms with Crippen molar-refractivity contribution in [1.82, 2.24) is 0 Å². The summed E-state index contributed by atoms with van der Waals surface area (Å²) in [5.41, 5.74) is 2.90. The third-order valence-corrected chi connectivity index (χ3v) is 5.83. The fraction of sp³-hybridized carbons (Fsp3) is 0.688. The fourth-order valence-electron chi connectivity index (χ4n) is 4.90. The van der Waals surface area contributed by atoms with Crippen LogP contribution in [0.2, 0.25) is 0 Å². The largest absolute Gasteiger partial charge is 1.00 e. The molecule has 4 rings (SSSR count). The molecule has 1 N–H and O–H groups in total. The molecule has 4 aliphatic rings. The molecule has 0 aromatic carbocycles. The molecule has 3 aliphatic heterocycles. The zero-order valence-corrected chi connectivity index (χ0v) is 13.9. The summed E-state index contributed by atoms with van der Waals surface area (Å²) in [6.07, 6.45) is 8.59. The van der Waals surface area contributed by atoms with Gasteiger partial charge >= 0.3 is 5.97 Å². The molecule has 3 heterocycles. The first-order valence-corrected chi connectivity index (χ1v) is 7.67. The third-order valence-electron chi connectivity index (χ3n) is 5.83. The van der Waals surface area contributed by atoms with Gasteiger partial charge in [-0.3, -0.25) is 4.79 Å². The van der Waals surface area contributed by atoms with Crippen molar-refractivity contribution in [1.29, 1.82) is 0 Å². The van der Waals surface area contributed by atoms with E-state index in [2.05, 4.69) is 12.2 Å². The Hall–Kier alpha value is -0.650. The lowest BCUT2D eigenvalue weighted by molar-refractivity contribution is -0.938. The van der Waals surface area contributed by atoms with Crippen molar-refractivity contribution in [3.05, 3.63) is 23.3 Å². The lowest BCUT2D eigenvalue weighted by atomic mass is 9.67. The Morgan fingerprint density at radius 1 is 1.38 bits per heavy atom. The van der Waals surface area contributed by atoms with Crippen LogP contribution >= 0.6 is 0 Å². The molecule has 0 saturated carbocycles. The number of halogens is 1. The van der Waals surface area contributed by atoms with E-state index < -0.39 is 0 Å². The average molecular weight is 356 g/mol. The third kappa shape index (κ3) is 2.13. The Bertz CT molecular complexity index is 516. The smallest absolute Gasteiger partial charge is 0.310 e. The summed E-state index contributed by atoms with van der Waals surface area (Å²) in [5.74, 6) is 0.522. The molecule has 0 aromatic heterocycles. The first-order chi connectivity index (χ1) is 9.74. The number of carbonyl (C=O) groups is 1. The molecule has 0 bridgehead atoms. The van der Waals surface area contributed by atoms with Crippen molar-refractivity contribution in [2.45, 2.75) is 37.3 Å². The molecule has 4 atom stereocenters. The van der Waals surface area contributed by atoms with Crippen LogP contribution in [0.3, 0.4) is 0 Å². The summed E-state index contributed by atoms with van der Waals surface area (Å²) in [4.78, 5) is 13.5. The number of nitrogens with one attached hydrogen (secondary N) is 1. The topological polar surface area (TPSA) is 40.0 Å². The Balaban J connectivity index is 0.00000132. The molecule has 1 fully saturated rings. The molecule has 21 heavy (non-hydrogen) atoms. The van der Waals surface area contributed by atoms with Crippen LogP contribution in [0, 0.1) is 5.92 Å². The van der Waals surface area contributed by atoms with Crippen LogP contribution in [0.4, 0.5) is 0 Å². The highest BCUT2D eigenvalue weighted by atomic mass is 79.9. The van der Waals surface area contributed by atoms with E-state index in [0.29, 0.717) is 18.9 Å². The molecule has 116 valence electrons. The van der Waals surface area contributed by atoms with Crippen LogP contribution < -0.4 is 21.9 Å². The number of hydrogen-bond acceptors (Lipinski definition) is 3. The van der Waals surface area contributed by atoms with Gasteiger partial charge in [0.05, 0.1) is 25.6 Å². The van der Waals surface area contributed by atoms with Gasteiger partial charge in [-0.25, -0.2) is 0 Å². The van der Waals surface area contributed by atoms with Gasteiger partial charge in [0.1, 0.15) is 12.1 Å². The van der Waals surface area contributed by atoms with E-state index in [1.54, 1.807) is 12.0 Å². The fourth-order valence-corrected chi connectivity index (χ4v) is 4.90. The number of esters is 1. The molecule has 4 nitrogen and oxygen atoms in total. The lowest BCUT2D eigenvalue weighted by Gasteiger charge is -2.48. The molecule has 0 amide bonds. The average Bonchev–Trinajstić information content (AvgIpc) is 2.86. The maximum atomic E-state index is 11.8. The van der Waals surface area contributed by atoms with E-state index in [1.807, 2.05) is 0 Å². The highest BCUT2D eigenvalue weighted by molar-refractivity contribution is 5.75. The van der Waals surface area contributed by atoms with Gasteiger partial charge in [-0.1, -0.05) is 12.2 Å². The molecule has 0 radical (unpaired) electrons. The number of carbonyl (C=O) groups excluding carboxylic acids is 1. The highest BCUT2D eigenvalue weighted by Crippen LogP contribution is 2.44. The number of ether oxygens (including phenoxy) is 2. The molecule has 1 unspecified atom stereocenters. The van der Waals surface area contributed by atoms with E-state index >= 15 is 0 Å². The minimum absolute atomic E-state index is 0. The van der Waals surface area contributed by atoms with Gasteiger partial charge in [0, 0.05) is 37.9 Å². The lowest BCUT2D eigenvalue weighted by Crippen LogP contribution is -3.20. The van der Waals surface area contributed by atoms with Crippen molar-refractivity contribution in [2.75, 3.05) is 26.8 Å². The zero-order valence-electron chi connectivity index (χ0n) is 12.4. The maximum absolute atomic E-state index is 11.8. The van der Waals surface area contributed by atoms with Crippen LogP contribution in [0.5, 0.6) is 0 Å². The molecule has 1 spiro atoms. The van der Waals surface area contributed by atoms with Crippen LogP contribution in [-0.4, -0.2) is 44.4 Å². The van der Waals surface area contributed by atoms with Gasteiger partial charge in [0.15, 0.2) is 0 Å². The van der Waals surface area contributed by atoms with Crippen molar-refractivity contribution in [3.8, 4) is 0 Å². The summed E-state index contributed by atoms with van der Waals surface area (Å²) in [7, 11) is 1.79. The Morgan fingerprint density at radius 3 is 3.05 bits per heavy atom. The summed E-state index contributed by atoms with van der Waals surface area (Å²) < 4.78 is 10.9. The highest BCUT2D eigenvalue weighted by Gasteiger charge is 2.59. The van der Waals surface area contributed by atoms with Crippen molar-refractivity contribution < 1.29 is 36.1 Å². The first kappa shape index (κ1) is 15.3. The zero-order chi connectivity index (χ0) is 13.7. The quantitative estimate of drug-likeness (QED) is 0.409. The van der Waals surface area contributed by atoms with Crippen molar-refractivity contribution >= 4 is 5.97 Å². The van der Waals surface area contributed by atoms with E-state index in [0.717, 1.165) is 12.8 Å². The molecular weight excluding hydrogens is 334 g/mol. The van der Waals surface area contributed by atoms with Gasteiger partial charge in [0.2, 0.25) is 0 Å². The Morgan fingerprint density at radius 2 is 2.24 bits per heavy atom. The summed E-state index contributed by atoms with van der Waals surface area (Å²) in [5, 5.41) is 0. The normalized spacial score (nSPS) is 40.8. The van der Waals surface area contributed by atoms with Crippen molar-refractivity contribution in [3.63, 3.8) is 0 Å². The first-order valence-electron chi connectivity index (χ1n) is 7.67. The number of hydrogen-bond donors (Lipinski definition) is 1. The van der Waals surface area contributed by atoms with Gasteiger partial charge in [0.25, 0.3) is 0 Å². The van der Waals surface area contributed by atoms with E-state index in [-0.39, 0.29) is 34.6 Å². The number of rotatable bonds is 1. The SMILES string of the molecule is CO[C@H]1C=C[C@@H]2CC[NH+]3CCC4=C(CC(=O)OC4)[C@]23C1.[Br-]. The monoisotopic (exact) mass is 355 g/mol. The molecule has 1 saturated heterocycles. The minimum atomic E-state index is -0.0476. The predicted octanol–water partition coefficient (Wildman–Crippen LogP) is -2.74. The van der Waals surface area contributed by atoms with Crippen molar-refractivity contribution in [2.24, 2.45) is 5.92 Å². The standard InChI is InChI=1S/C16H21NO3.BrH/c1-19-13-3-2-12-5-7-17-6-4-11-10-20-15(18)8-14(11)16(12,17)9-13;/h2-3,12-13H,4-10H2,1H3;1H/t12-,13+,16+;/m1./s1. The predicted molar refractivity (Wildman–Crippen MR) is 73.3 cm³/mol. The van der Waals surface area contributed by atoms with Crippen LogP contribution in [0.25, 0.3) is 0 Å². The van der Waals surface area contributed by atoms with Gasteiger partial charge < -0.3 is 31.4 Å². The van der Waals surface area contributed by atoms with E-state index in [4.69, 9.17) is 9.47 Å². The van der Waals surface area contributed by atoms with Gasteiger partial charge in [-0.05, 0) is 5.57 Å². The number of quaternary nitrogens is 1. The molecule has 0 aromatic rings. The molecular formula is C16H22BrNO3. The van der Waals surface area contributed by atoms with E-state index in [1.165, 1.54) is 30.7 Å². The van der Waals surface area contributed by atoms with Crippen LogP contribution in [-0.2, 0) is 14.3 Å². The van der Waals surface area contributed by atoms with Crippen LogP contribution in [0.15, 0.2) is 23.3 Å². The van der Waals surface area contributed by atoms with Gasteiger partial charge in [-0.15, -0.1) is 0 Å².